The van der Waals surface area contributed by atoms with Gasteiger partial charge in [0, 0.05) is 0 Å². The second kappa shape index (κ2) is 6.78. The van der Waals surface area contributed by atoms with Gasteiger partial charge in [-0.3, -0.25) is 0 Å². The van der Waals surface area contributed by atoms with Gasteiger partial charge in [-0.05, 0) is 42.0 Å². The molecule has 24 heavy (non-hydrogen) atoms. The Balaban J connectivity index is 1.69. The molecule has 122 valence electrons. The first kappa shape index (κ1) is 15.4. The average Bonchev–Trinajstić information content (AvgIpc) is 3.25. The summed E-state index contributed by atoms with van der Waals surface area (Å²) in [5.74, 6) is 2.87. The highest BCUT2D eigenvalue weighted by atomic mass is 32.2. The molecule has 4 rings (SSSR count). The Hall–Kier alpha value is -2.12. The van der Waals surface area contributed by atoms with E-state index in [9.17, 15) is 0 Å². The van der Waals surface area contributed by atoms with Crippen LogP contribution in [0.3, 0.4) is 0 Å². The molecule has 0 unspecified atom stereocenters. The number of H-pyrrole nitrogens is 1. The average molecular weight is 355 g/mol. The van der Waals surface area contributed by atoms with Gasteiger partial charge in [0.1, 0.15) is 22.8 Å². The zero-order chi connectivity index (χ0) is 16.4. The number of aromatic nitrogens is 4. The largest absolute Gasteiger partial charge is 0.359 e. The number of nitrogens with one attached hydrogen (secondary N) is 2. The molecular weight excluding hydrogens is 338 g/mol. The molecule has 3 heterocycles. The number of para-hydroxylation sites is 2. The maximum absolute atomic E-state index is 4.76. The van der Waals surface area contributed by atoms with Crippen LogP contribution in [0.25, 0.3) is 21.3 Å². The zero-order valence-corrected chi connectivity index (χ0v) is 14.8. The topological polar surface area (TPSA) is 66.5 Å². The van der Waals surface area contributed by atoms with Crippen LogP contribution in [0.4, 0.5) is 5.82 Å². The minimum absolute atomic E-state index is 0.0860. The fourth-order valence-corrected chi connectivity index (χ4v) is 3.92. The molecule has 0 aliphatic carbocycles. The number of thiophene rings is 1. The van der Waals surface area contributed by atoms with Crippen molar-refractivity contribution in [3.63, 3.8) is 0 Å². The van der Waals surface area contributed by atoms with Crippen LogP contribution in [0, 0.1) is 0 Å². The van der Waals surface area contributed by atoms with E-state index in [4.69, 9.17) is 4.98 Å². The smallest absolute Gasteiger partial charge is 0.138 e. The third-order valence-corrected chi connectivity index (χ3v) is 5.39. The summed E-state index contributed by atoms with van der Waals surface area (Å²) >= 11 is 3.46. The normalized spacial score (nSPS) is 12.7. The summed E-state index contributed by atoms with van der Waals surface area (Å²) in [5.41, 5.74) is 2.05. The summed E-state index contributed by atoms with van der Waals surface area (Å²) in [4.78, 5) is 18.0. The lowest BCUT2D eigenvalue weighted by Crippen LogP contribution is -2.14. The first-order chi connectivity index (χ1) is 11.8. The third kappa shape index (κ3) is 2.97. The lowest BCUT2D eigenvalue weighted by atomic mass is 10.2. The van der Waals surface area contributed by atoms with Crippen LogP contribution in [-0.2, 0) is 0 Å². The van der Waals surface area contributed by atoms with Gasteiger partial charge in [-0.2, -0.15) is 11.8 Å². The fourth-order valence-electron chi connectivity index (χ4n) is 2.72. The van der Waals surface area contributed by atoms with Gasteiger partial charge in [0.05, 0.1) is 22.5 Å². The highest BCUT2D eigenvalue weighted by Crippen LogP contribution is 2.29. The van der Waals surface area contributed by atoms with Gasteiger partial charge in [0.25, 0.3) is 0 Å². The van der Waals surface area contributed by atoms with Crippen molar-refractivity contribution in [3.8, 4) is 0 Å². The van der Waals surface area contributed by atoms with Crippen molar-refractivity contribution in [3.05, 3.63) is 47.9 Å². The number of nitrogens with zero attached hydrogens (tertiary/aromatic N) is 3. The summed E-state index contributed by atoms with van der Waals surface area (Å²) in [5, 5.41) is 6.68. The number of rotatable bonds is 6. The molecule has 0 radical (unpaired) electrons. The van der Waals surface area contributed by atoms with Crippen LogP contribution in [-0.4, -0.2) is 31.9 Å². The van der Waals surface area contributed by atoms with E-state index in [1.54, 1.807) is 17.7 Å². The molecule has 4 aromatic rings. The lowest BCUT2D eigenvalue weighted by Gasteiger charge is -2.17. The van der Waals surface area contributed by atoms with Gasteiger partial charge in [0.15, 0.2) is 0 Å². The molecule has 1 aromatic carbocycles. The number of benzene rings is 1. The fraction of sp³-hybridized carbons (Fsp3) is 0.235. The molecule has 0 spiro atoms. The van der Waals surface area contributed by atoms with Gasteiger partial charge >= 0.3 is 0 Å². The van der Waals surface area contributed by atoms with Crippen molar-refractivity contribution in [1.29, 1.82) is 0 Å². The molecule has 0 saturated heterocycles. The molecule has 0 saturated carbocycles. The highest BCUT2D eigenvalue weighted by molar-refractivity contribution is 7.98. The molecule has 5 nitrogen and oxygen atoms in total. The first-order valence-corrected chi connectivity index (χ1v) is 10.0. The van der Waals surface area contributed by atoms with E-state index in [0.29, 0.717) is 0 Å². The van der Waals surface area contributed by atoms with Crippen LogP contribution in [0.5, 0.6) is 0 Å². The van der Waals surface area contributed by atoms with Crippen molar-refractivity contribution in [2.24, 2.45) is 0 Å². The molecule has 0 aliphatic heterocycles. The number of imidazole rings is 1. The van der Waals surface area contributed by atoms with E-state index in [1.807, 2.05) is 35.3 Å². The monoisotopic (exact) mass is 355 g/mol. The van der Waals surface area contributed by atoms with Crippen molar-refractivity contribution < 1.29 is 0 Å². The number of thioether (sulfide) groups is 1. The second-order valence-corrected chi connectivity index (χ2v) is 7.36. The number of hydrogen-bond acceptors (Lipinski definition) is 6. The van der Waals surface area contributed by atoms with Gasteiger partial charge in [-0.15, -0.1) is 11.3 Å². The molecule has 0 aliphatic rings. The Morgan fingerprint density at radius 3 is 3.04 bits per heavy atom. The maximum Gasteiger partial charge on any atom is 0.138 e. The number of fused-ring (bicyclic) bond motifs is 2. The summed E-state index contributed by atoms with van der Waals surface area (Å²) < 4.78 is 0. The molecule has 0 bridgehead atoms. The minimum atomic E-state index is 0.0860. The Morgan fingerprint density at radius 1 is 1.25 bits per heavy atom. The minimum Gasteiger partial charge on any atom is -0.359 e. The molecule has 7 heteroatoms. The van der Waals surface area contributed by atoms with Gasteiger partial charge < -0.3 is 10.3 Å². The third-order valence-electron chi connectivity index (χ3n) is 3.92. The van der Waals surface area contributed by atoms with Crippen LogP contribution >= 0.6 is 23.1 Å². The highest BCUT2D eigenvalue weighted by Gasteiger charge is 2.17. The Labute approximate surface area is 147 Å². The predicted molar refractivity (Wildman–Crippen MR) is 103 cm³/mol. The maximum atomic E-state index is 4.76. The van der Waals surface area contributed by atoms with Crippen LogP contribution in [0.2, 0.25) is 0 Å². The van der Waals surface area contributed by atoms with Crippen LogP contribution < -0.4 is 5.32 Å². The second-order valence-electron chi connectivity index (χ2n) is 5.48. The molecule has 3 aromatic heterocycles. The van der Waals surface area contributed by atoms with E-state index in [-0.39, 0.29) is 6.04 Å². The van der Waals surface area contributed by atoms with E-state index >= 15 is 0 Å². The van der Waals surface area contributed by atoms with Crippen molar-refractivity contribution >= 4 is 50.2 Å². The van der Waals surface area contributed by atoms with E-state index in [1.165, 1.54) is 0 Å². The summed E-state index contributed by atoms with van der Waals surface area (Å²) in [6.07, 6.45) is 4.71. The number of anilines is 1. The summed E-state index contributed by atoms with van der Waals surface area (Å²) in [7, 11) is 0. The Kier molecular flexibility index (Phi) is 4.36. The van der Waals surface area contributed by atoms with Gasteiger partial charge in [-0.1, -0.05) is 12.1 Å². The molecule has 1 atom stereocenters. The lowest BCUT2D eigenvalue weighted by molar-refractivity contribution is 0.710. The predicted octanol–water partition coefficient (Wildman–Crippen LogP) is 4.47. The van der Waals surface area contributed by atoms with Crippen LogP contribution in [0.1, 0.15) is 18.3 Å². The zero-order valence-electron chi connectivity index (χ0n) is 13.2. The molecule has 2 N–H and O–H groups in total. The SMILES string of the molecule is CSCC[C@@H](Nc1ncnc2sccc12)c1nc2ccccc2[nH]1. The molecule has 0 fully saturated rings. The van der Waals surface area contributed by atoms with Gasteiger partial charge in [0.2, 0.25) is 0 Å². The summed E-state index contributed by atoms with van der Waals surface area (Å²) in [6.45, 7) is 0. The molecule has 0 amide bonds. The van der Waals surface area contributed by atoms with E-state index in [0.717, 1.165) is 45.1 Å². The first-order valence-electron chi connectivity index (χ1n) is 7.73. The quantitative estimate of drug-likeness (QED) is 0.534. The van der Waals surface area contributed by atoms with Crippen molar-refractivity contribution in [1.82, 2.24) is 19.9 Å². The summed E-state index contributed by atoms with van der Waals surface area (Å²) in [6, 6.07) is 10.3. The Bertz CT molecular complexity index is 929. The van der Waals surface area contributed by atoms with Crippen molar-refractivity contribution in [2.75, 3.05) is 17.3 Å². The van der Waals surface area contributed by atoms with E-state index < -0.39 is 0 Å². The van der Waals surface area contributed by atoms with Gasteiger partial charge in [-0.25, -0.2) is 15.0 Å². The van der Waals surface area contributed by atoms with Crippen molar-refractivity contribution in [2.45, 2.75) is 12.5 Å². The Morgan fingerprint density at radius 2 is 2.17 bits per heavy atom. The molecular formula is C17H17N5S2. The standard InChI is InChI=1S/C17H17N5S2/c1-23-8-7-14(16-20-12-4-2-3-5-13(12)21-16)22-15-11-6-9-24-17(11)19-10-18-15/h2-6,9-10,14H,7-8H2,1H3,(H,20,21)(H,18,19,22)/t14-/m1/s1. The van der Waals surface area contributed by atoms with Crippen LogP contribution in [0.15, 0.2) is 42.0 Å². The number of hydrogen-bond donors (Lipinski definition) is 2. The number of aromatic amines is 1. The van der Waals surface area contributed by atoms with E-state index in [2.05, 4.69) is 38.7 Å².